The van der Waals surface area contributed by atoms with Gasteiger partial charge in [0, 0.05) is 36.9 Å². The summed E-state index contributed by atoms with van der Waals surface area (Å²) in [4.78, 5) is 32.2. The molecule has 0 atom stereocenters. The molecule has 3 heterocycles. The van der Waals surface area contributed by atoms with Crippen molar-refractivity contribution in [1.29, 1.82) is 0 Å². The number of aryl methyl sites for hydroxylation is 1. The van der Waals surface area contributed by atoms with Crippen molar-refractivity contribution >= 4 is 28.9 Å². The van der Waals surface area contributed by atoms with Crippen LogP contribution in [0.3, 0.4) is 0 Å². The summed E-state index contributed by atoms with van der Waals surface area (Å²) >= 11 is 0. The predicted molar refractivity (Wildman–Crippen MR) is 112 cm³/mol. The number of rotatable bonds is 6. The number of anilines is 2. The smallest absolute Gasteiger partial charge is 0.342 e. The number of esters is 1. The number of ether oxygens (including phenoxy) is 1. The number of aromatic nitrogens is 4. The first-order valence-electron chi connectivity index (χ1n) is 9.69. The lowest BCUT2D eigenvalue weighted by molar-refractivity contribution is 0.0523. The van der Waals surface area contributed by atoms with E-state index in [1.807, 2.05) is 66.2 Å². The summed E-state index contributed by atoms with van der Waals surface area (Å²) in [5.41, 5.74) is 2.33. The molecule has 0 spiro atoms. The second kappa shape index (κ2) is 8.20. The minimum atomic E-state index is -0.572. The van der Waals surface area contributed by atoms with Gasteiger partial charge in [-0.25, -0.2) is 9.78 Å². The minimum Gasteiger partial charge on any atom is -0.462 e. The maximum atomic E-state index is 13.8. The normalized spacial score (nSPS) is 10.9. The van der Waals surface area contributed by atoms with Crippen LogP contribution in [0.5, 0.6) is 0 Å². The molecule has 0 N–H and O–H groups in total. The van der Waals surface area contributed by atoms with Crippen molar-refractivity contribution in [3.05, 3.63) is 78.5 Å². The number of imidazole rings is 1. The molecule has 0 fully saturated rings. The molecule has 0 bridgehead atoms. The zero-order chi connectivity index (χ0) is 21.1. The summed E-state index contributed by atoms with van der Waals surface area (Å²) in [6.07, 6.45) is 6.75. The van der Waals surface area contributed by atoms with Crippen LogP contribution in [0.1, 0.15) is 34.7 Å². The van der Waals surface area contributed by atoms with Crippen LogP contribution in [0.25, 0.3) is 5.65 Å². The summed E-state index contributed by atoms with van der Waals surface area (Å²) < 4.78 is 8.51. The molecule has 0 unspecified atom stereocenters. The van der Waals surface area contributed by atoms with E-state index in [9.17, 15) is 9.59 Å². The summed E-state index contributed by atoms with van der Waals surface area (Å²) in [5, 5.41) is 4.22. The van der Waals surface area contributed by atoms with Crippen LogP contribution < -0.4 is 4.90 Å². The Kier molecular flexibility index (Phi) is 5.30. The molecular weight excluding hydrogens is 382 g/mol. The second-order valence-corrected chi connectivity index (χ2v) is 6.50. The van der Waals surface area contributed by atoms with E-state index in [-0.39, 0.29) is 23.8 Å². The van der Waals surface area contributed by atoms with E-state index in [0.717, 1.165) is 0 Å². The van der Waals surface area contributed by atoms with Gasteiger partial charge in [0.25, 0.3) is 5.91 Å². The Morgan fingerprint density at radius 1 is 1.07 bits per heavy atom. The standard InChI is InChI=1S/C22H21N5O3/c1-3-26-20(18(15-24-26)22(29)30-4-2)21(28)27(16-8-6-5-7-9-16)17-10-12-25-13-11-23-19(25)14-17/h5-15H,3-4H2,1-2H3. The van der Waals surface area contributed by atoms with Gasteiger partial charge in [-0.15, -0.1) is 0 Å². The number of hydrogen-bond acceptors (Lipinski definition) is 5. The molecule has 152 valence electrons. The van der Waals surface area contributed by atoms with Crippen molar-refractivity contribution in [2.75, 3.05) is 11.5 Å². The molecule has 0 aliphatic heterocycles. The number of benzene rings is 1. The van der Waals surface area contributed by atoms with Gasteiger partial charge >= 0.3 is 5.97 Å². The second-order valence-electron chi connectivity index (χ2n) is 6.50. The van der Waals surface area contributed by atoms with Crippen molar-refractivity contribution in [2.24, 2.45) is 0 Å². The van der Waals surface area contributed by atoms with Gasteiger partial charge in [-0.05, 0) is 32.0 Å². The molecule has 8 heteroatoms. The van der Waals surface area contributed by atoms with Crippen molar-refractivity contribution < 1.29 is 14.3 Å². The third-order valence-corrected chi connectivity index (χ3v) is 4.69. The minimum absolute atomic E-state index is 0.145. The highest BCUT2D eigenvalue weighted by Gasteiger charge is 2.29. The van der Waals surface area contributed by atoms with E-state index in [1.165, 1.54) is 10.9 Å². The van der Waals surface area contributed by atoms with Crippen LogP contribution in [0.4, 0.5) is 11.4 Å². The number of pyridine rings is 1. The van der Waals surface area contributed by atoms with Gasteiger partial charge in [0.1, 0.15) is 16.9 Å². The number of hydrogen-bond donors (Lipinski definition) is 0. The summed E-state index contributed by atoms with van der Waals surface area (Å²) in [6.45, 7) is 4.23. The molecule has 30 heavy (non-hydrogen) atoms. The fourth-order valence-electron chi connectivity index (χ4n) is 3.31. The SMILES string of the molecule is CCOC(=O)c1cnn(CC)c1C(=O)N(c1ccccc1)c1ccn2ccnc2c1. The van der Waals surface area contributed by atoms with Crippen molar-refractivity contribution in [2.45, 2.75) is 20.4 Å². The van der Waals surface area contributed by atoms with Crippen molar-refractivity contribution in [3.8, 4) is 0 Å². The Labute approximate surface area is 173 Å². The van der Waals surface area contributed by atoms with Crippen LogP contribution in [0.15, 0.2) is 67.3 Å². The molecule has 1 aromatic carbocycles. The van der Waals surface area contributed by atoms with Crippen LogP contribution in [-0.2, 0) is 11.3 Å². The highest BCUT2D eigenvalue weighted by molar-refractivity contribution is 6.14. The van der Waals surface area contributed by atoms with E-state index in [2.05, 4.69) is 10.1 Å². The average molecular weight is 403 g/mol. The van der Waals surface area contributed by atoms with E-state index in [4.69, 9.17) is 4.74 Å². The van der Waals surface area contributed by atoms with Gasteiger partial charge in [0.15, 0.2) is 0 Å². The van der Waals surface area contributed by atoms with Crippen molar-refractivity contribution in [3.63, 3.8) is 0 Å². The van der Waals surface area contributed by atoms with E-state index in [1.54, 1.807) is 18.0 Å². The molecular formula is C22H21N5O3. The molecule has 0 radical (unpaired) electrons. The van der Waals surface area contributed by atoms with Gasteiger partial charge in [0.2, 0.25) is 0 Å². The Morgan fingerprint density at radius 3 is 2.60 bits per heavy atom. The highest BCUT2D eigenvalue weighted by atomic mass is 16.5. The largest absolute Gasteiger partial charge is 0.462 e. The summed E-state index contributed by atoms with van der Waals surface area (Å²) in [5.74, 6) is -0.947. The maximum absolute atomic E-state index is 13.8. The number of nitrogens with zero attached hydrogens (tertiary/aromatic N) is 5. The van der Waals surface area contributed by atoms with Gasteiger partial charge in [-0.3, -0.25) is 14.4 Å². The van der Waals surface area contributed by atoms with E-state index >= 15 is 0 Å². The lowest BCUT2D eigenvalue weighted by Crippen LogP contribution is -2.30. The first kappa shape index (κ1) is 19.4. The number of para-hydroxylation sites is 1. The Bertz CT molecular complexity index is 1200. The first-order valence-corrected chi connectivity index (χ1v) is 9.69. The molecule has 0 saturated carbocycles. The maximum Gasteiger partial charge on any atom is 0.342 e. The quantitative estimate of drug-likeness (QED) is 0.459. The monoisotopic (exact) mass is 403 g/mol. The zero-order valence-electron chi connectivity index (χ0n) is 16.7. The molecule has 3 aromatic heterocycles. The van der Waals surface area contributed by atoms with Crippen molar-refractivity contribution in [1.82, 2.24) is 19.2 Å². The van der Waals surface area contributed by atoms with E-state index < -0.39 is 5.97 Å². The highest BCUT2D eigenvalue weighted by Crippen LogP contribution is 2.29. The lowest BCUT2D eigenvalue weighted by atomic mass is 10.1. The molecule has 0 aliphatic rings. The third-order valence-electron chi connectivity index (χ3n) is 4.69. The van der Waals surface area contributed by atoms with Gasteiger partial charge in [0.05, 0.1) is 18.5 Å². The van der Waals surface area contributed by atoms with Crippen LogP contribution >= 0.6 is 0 Å². The van der Waals surface area contributed by atoms with E-state index in [0.29, 0.717) is 23.6 Å². The van der Waals surface area contributed by atoms with Gasteiger partial charge in [-0.1, -0.05) is 18.2 Å². The fourth-order valence-corrected chi connectivity index (χ4v) is 3.31. The number of amides is 1. The number of carbonyl (C=O) groups is 2. The molecule has 4 aromatic rings. The van der Waals surface area contributed by atoms with Crippen LogP contribution in [0, 0.1) is 0 Å². The van der Waals surface area contributed by atoms with Gasteiger partial charge < -0.3 is 9.14 Å². The average Bonchev–Trinajstić information content (AvgIpc) is 3.41. The summed E-state index contributed by atoms with van der Waals surface area (Å²) in [6, 6.07) is 12.9. The zero-order valence-corrected chi connectivity index (χ0v) is 16.7. The van der Waals surface area contributed by atoms with Gasteiger partial charge in [-0.2, -0.15) is 5.10 Å². The van der Waals surface area contributed by atoms with Crippen LogP contribution in [-0.4, -0.2) is 37.6 Å². The number of carbonyl (C=O) groups excluding carboxylic acids is 2. The lowest BCUT2D eigenvalue weighted by Gasteiger charge is -2.24. The Morgan fingerprint density at radius 2 is 1.87 bits per heavy atom. The Hall–Kier alpha value is -3.94. The molecule has 1 amide bonds. The molecule has 0 aliphatic carbocycles. The Balaban J connectivity index is 1.87. The molecule has 8 nitrogen and oxygen atoms in total. The predicted octanol–water partition coefficient (Wildman–Crippen LogP) is 3.71. The fraction of sp³-hybridized carbons (Fsp3) is 0.182. The molecule has 4 rings (SSSR count). The third kappa shape index (κ3) is 3.43. The topological polar surface area (TPSA) is 81.7 Å². The molecule has 0 saturated heterocycles. The van der Waals surface area contributed by atoms with Crippen LogP contribution in [0.2, 0.25) is 0 Å². The summed E-state index contributed by atoms with van der Waals surface area (Å²) in [7, 11) is 0. The first-order chi connectivity index (χ1) is 14.6. The number of fused-ring (bicyclic) bond motifs is 1.